The van der Waals surface area contributed by atoms with Gasteiger partial charge in [-0.15, -0.1) is 10.2 Å². The van der Waals surface area contributed by atoms with E-state index >= 15 is 0 Å². The number of hydrogen-bond acceptors (Lipinski definition) is 7. The van der Waals surface area contributed by atoms with Gasteiger partial charge in [-0.3, -0.25) is 20.2 Å². The van der Waals surface area contributed by atoms with Crippen LogP contribution < -0.4 is 5.32 Å². The number of aromatic nitrogens is 2. The van der Waals surface area contributed by atoms with Gasteiger partial charge < -0.3 is 4.74 Å². The maximum Gasteiger partial charge on any atom is 0.269 e. The molecule has 2 aromatic rings. The molecule has 1 N–H and O–H groups in total. The number of rotatable bonds is 6. The number of nitrogens with zero attached hydrogens (tertiary/aromatic N) is 3. The van der Waals surface area contributed by atoms with Crippen LogP contribution in [0.4, 0.5) is 10.8 Å². The highest BCUT2D eigenvalue weighted by molar-refractivity contribution is 7.15. The van der Waals surface area contributed by atoms with Gasteiger partial charge in [0.2, 0.25) is 11.0 Å². The summed E-state index contributed by atoms with van der Waals surface area (Å²) in [4.78, 5) is 21.8. The van der Waals surface area contributed by atoms with Gasteiger partial charge in [-0.2, -0.15) is 0 Å². The second kappa shape index (κ2) is 7.38. The van der Waals surface area contributed by atoms with E-state index in [4.69, 9.17) is 4.74 Å². The molecule has 0 aliphatic rings. The van der Waals surface area contributed by atoms with Gasteiger partial charge >= 0.3 is 0 Å². The Bertz CT molecular complexity index is 696. The van der Waals surface area contributed by atoms with Crippen LogP contribution in [0.25, 0.3) is 6.08 Å². The molecule has 0 atom stereocenters. The average molecular weight is 320 g/mol. The number of non-ortho nitro benzene ring substituents is 1. The van der Waals surface area contributed by atoms with Crippen molar-refractivity contribution >= 4 is 34.1 Å². The lowest BCUT2D eigenvalue weighted by Gasteiger charge is -1.95. The number of anilines is 1. The molecule has 1 aromatic carbocycles. The maximum atomic E-state index is 11.7. The van der Waals surface area contributed by atoms with Crippen LogP contribution in [0.3, 0.4) is 0 Å². The predicted molar refractivity (Wildman–Crippen MR) is 81.4 cm³/mol. The fourth-order valence-electron chi connectivity index (χ4n) is 1.51. The van der Waals surface area contributed by atoms with E-state index in [0.29, 0.717) is 22.3 Å². The minimum atomic E-state index is -0.479. The third-order valence-corrected chi connectivity index (χ3v) is 3.31. The topological polar surface area (TPSA) is 107 Å². The smallest absolute Gasteiger partial charge is 0.269 e. The van der Waals surface area contributed by atoms with Crippen molar-refractivity contribution in [2.24, 2.45) is 0 Å². The van der Waals surface area contributed by atoms with Crippen LogP contribution in [0, 0.1) is 10.1 Å². The minimum Gasteiger partial charge on any atom is -0.377 e. The second-order valence-electron chi connectivity index (χ2n) is 4.11. The molecule has 0 saturated carbocycles. The highest BCUT2D eigenvalue weighted by atomic mass is 32.1. The van der Waals surface area contributed by atoms with Gasteiger partial charge in [-0.1, -0.05) is 11.3 Å². The van der Waals surface area contributed by atoms with Crippen molar-refractivity contribution < 1.29 is 14.5 Å². The molecule has 22 heavy (non-hydrogen) atoms. The monoisotopic (exact) mass is 320 g/mol. The van der Waals surface area contributed by atoms with Gasteiger partial charge in [0.1, 0.15) is 11.6 Å². The number of methoxy groups -OCH3 is 1. The van der Waals surface area contributed by atoms with Crippen LogP contribution in [0.1, 0.15) is 10.6 Å². The predicted octanol–water partition coefficient (Wildman–Crippen LogP) is 2.24. The standard InChI is InChI=1S/C13H12N4O4S/c1-21-8-12-15-16-13(22-12)14-11(18)7-4-9-2-5-10(6-3-9)17(19)20/h2-7H,8H2,1H3,(H,14,16,18)/b7-4+. The SMILES string of the molecule is COCc1nnc(NC(=O)/C=C/c2ccc([N+](=O)[O-])cc2)s1. The molecule has 2 rings (SSSR count). The van der Waals surface area contributed by atoms with Crippen molar-refractivity contribution in [3.05, 3.63) is 51.0 Å². The second-order valence-corrected chi connectivity index (χ2v) is 5.17. The van der Waals surface area contributed by atoms with Gasteiger partial charge in [-0.25, -0.2) is 0 Å². The Morgan fingerprint density at radius 1 is 1.41 bits per heavy atom. The van der Waals surface area contributed by atoms with Crippen LogP contribution in [0.5, 0.6) is 0 Å². The fraction of sp³-hybridized carbons (Fsp3) is 0.154. The van der Waals surface area contributed by atoms with Gasteiger partial charge in [0.05, 0.1) is 4.92 Å². The number of nitrogens with one attached hydrogen (secondary N) is 1. The molecule has 114 valence electrons. The molecule has 0 spiro atoms. The number of ether oxygens (including phenoxy) is 1. The van der Waals surface area contributed by atoms with Crippen molar-refractivity contribution in [1.82, 2.24) is 10.2 Å². The number of nitro groups is 1. The molecule has 0 bridgehead atoms. The molecule has 0 radical (unpaired) electrons. The Kier molecular flexibility index (Phi) is 5.28. The summed E-state index contributed by atoms with van der Waals surface area (Å²) in [5.74, 6) is -0.363. The summed E-state index contributed by atoms with van der Waals surface area (Å²) in [7, 11) is 1.55. The van der Waals surface area contributed by atoms with Crippen molar-refractivity contribution in [3.8, 4) is 0 Å². The molecular weight excluding hydrogens is 308 g/mol. The summed E-state index contributed by atoms with van der Waals surface area (Å²) in [6.45, 7) is 0.339. The molecule has 0 aliphatic heterocycles. The van der Waals surface area contributed by atoms with Crippen molar-refractivity contribution in [2.45, 2.75) is 6.61 Å². The van der Waals surface area contributed by atoms with E-state index in [-0.39, 0.29) is 11.6 Å². The highest BCUT2D eigenvalue weighted by Gasteiger charge is 2.06. The lowest BCUT2D eigenvalue weighted by Crippen LogP contribution is -2.07. The van der Waals surface area contributed by atoms with E-state index in [1.54, 1.807) is 25.3 Å². The Hall–Kier alpha value is -2.65. The third-order valence-electron chi connectivity index (χ3n) is 2.50. The highest BCUT2D eigenvalue weighted by Crippen LogP contribution is 2.16. The Balaban J connectivity index is 1.94. The van der Waals surface area contributed by atoms with E-state index in [9.17, 15) is 14.9 Å². The van der Waals surface area contributed by atoms with E-state index in [2.05, 4.69) is 15.5 Å². The third kappa shape index (κ3) is 4.43. The zero-order valence-corrected chi connectivity index (χ0v) is 12.4. The first-order valence-electron chi connectivity index (χ1n) is 6.13. The van der Waals surface area contributed by atoms with Crippen LogP contribution >= 0.6 is 11.3 Å². The Labute approximate surface area is 129 Å². The molecule has 1 aromatic heterocycles. The number of carbonyl (C=O) groups excluding carboxylic acids is 1. The van der Waals surface area contributed by atoms with E-state index in [1.807, 2.05) is 0 Å². The molecule has 9 heteroatoms. The lowest BCUT2D eigenvalue weighted by atomic mass is 10.2. The first kappa shape index (κ1) is 15.7. The fourth-order valence-corrected chi connectivity index (χ4v) is 2.23. The number of hydrogen-bond donors (Lipinski definition) is 1. The van der Waals surface area contributed by atoms with E-state index in [0.717, 1.165) is 0 Å². The molecule has 1 amide bonds. The Morgan fingerprint density at radius 2 is 2.14 bits per heavy atom. The molecular formula is C13H12N4O4S. The molecule has 0 unspecified atom stereocenters. The number of amides is 1. The number of nitro benzene ring substituents is 1. The molecule has 0 saturated heterocycles. The van der Waals surface area contributed by atoms with Crippen LogP contribution in [0.2, 0.25) is 0 Å². The van der Waals surface area contributed by atoms with Crippen LogP contribution in [-0.2, 0) is 16.1 Å². The summed E-state index contributed by atoms with van der Waals surface area (Å²) in [6, 6.07) is 5.87. The lowest BCUT2D eigenvalue weighted by molar-refractivity contribution is -0.384. The largest absolute Gasteiger partial charge is 0.377 e. The minimum absolute atomic E-state index is 0.00105. The normalized spacial score (nSPS) is 10.8. The van der Waals surface area contributed by atoms with Crippen LogP contribution in [0.15, 0.2) is 30.3 Å². The summed E-state index contributed by atoms with van der Waals surface area (Å²) in [5.41, 5.74) is 0.680. The van der Waals surface area contributed by atoms with Crippen molar-refractivity contribution in [3.63, 3.8) is 0 Å². The molecule has 0 fully saturated rings. The summed E-state index contributed by atoms with van der Waals surface area (Å²) in [5, 5.41) is 21.8. The van der Waals surface area contributed by atoms with Crippen molar-refractivity contribution in [1.29, 1.82) is 0 Å². The number of benzene rings is 1. The quantitative estimate of drug-likeness (QED) is 0.497. The van der Waals surface area contributed by atoms with Gasteiger partial charge in [0.15, 0.2) is 0 Å². The Morgan fingerprint density at radius 3 is 2.77 bits per heavy atom. The molecule has 8 nitrogen and oxygen atoms in total. The summed E-state index contributed by atoms with van der Waals surface area (Å²) in [6.07, 6.45) is 2.87. The zero-order valence-electron chi connectivity index (χ0n) is 11.6. The first-order valence-corrected chi connectivity index (χ1v) is 6.95. The molecule has 1 heterocycles. The van der Waals surface area contributed by atoms with Gasteiger partial charge in [0.25, 0.3) is 5.69 Å². The van der Waals surface area contributed by atoms with Crippen molar-refractivity contribution in [2.75, 3.05) is 12.4 Å². The summed E-state index contributed by atoms with van der Waals surface area (Å²) < 4.78 is 4.91. The first-order chi connectivity index (χ1) is 10.6. The zero-order chi connectivity index (χ0) is 15.9. The maximum absolute atomic E-state index is 11.7. The average Bonchev–Trinajstić information content (AvgIpc) is 2.93. The molecule has 0 aliphatic carbocycles. The number of carbonyl (C=O) groups is 1. The summed E-state index contributed by atoms with van der Waals surface area (Å²) >= 11 is 1.22. The van der Waals surface area contributed by atoms with E-state index < -0.39 is 4.92 Å². The van der Waals surface area contributed by atoms with Gasteiger partial charge in [0, 0.05) is 25.3 Å². The van der Waals surface area contributed by atoms with Gasteiger partial charge in [-0.05, 0) is 23.8 Å². The van der Waals surface area contributed by atoms with Crippen LogP contribution in [-0.4, -0.2) is 28.1 Å². The van der Waals surface area contributed by atoms with E-state index in [1.165, 1.54) is 29.5 Å².